The van der Waals surface area contributed by atoms with Crippen molar-refractivity contribution in [3.05, 3.63) is 101 Å². The molecule has 1 aliphatic carbocycles. The Morgan fingerprint density at radius 1 is 0.943 bits per heavy atom. The summed E-state index contributed by atoms with van der Waals surface area (Å²) in [7, 11) is 0. The summed E-state index contributed by atoms with van der Waals surface area (Å²) < 4.78 is 55.0. The highest BCUT2D eigenvalue weighted by molar-refractivity contribution is 5.90. The Hall–Kier alpha value is -3.38. The molecule has 3 nitrogen and oxygen atoms in total. The molecule has 35 heavy (non-hydrogen) atoms. The Balaban J connectivity index is 1.22. The first-order valence-electron chi connectivity index (χ1n) is 11.8. The summed E-state index contributed by atoms with van der Waals surface area (Å²) in [6, 6.07) is 14.7. The second-order valence-corrected chi connectivity index (χ2v) is 9.10. The van der Waals surface area contributed by atoms with Gasteiger partial charge < -0.3 is 9.47 Å². The summed E-state index contributed by atoms with van der Waals surface area (Å²) in [5.74, 6) is -3.21. The van der Waals surface area contributed by atoms with E-state index in [0.717, 1.165) is 5.56 Å². The molecular formula is C29H25F3O3. The summed E-state index contributed by atoms with van der Waals surface area (Å²) in [5, 5.41) is 0. The topological polar surface area (TPSA) is 38.8 Å². The van der Waals surface area contributed by atoms with Crippen LogP contribution in [0.5, 0.6) is 0 Å². The summed E-state index contributed by atoms with van der Waals surface area (Å²) in [6.45, 7) is 4.26. The first-order valence-corrected chi connectivity index (χ1v) is 11.8. The maximum atomic E-state index is 15.0. The van der Waals surface area contributed by atoms with Crippen LogP contribution in [0.15, 0.2) is 61.2 Å². The van der Waals surface area contributed by atoms with Gasteiger partial charge in [0, 0.05) is 5.56 Å². The number of benzene rings is 3. The average Bonchev–Trinajstić information content (AvgIpc) is 3.72. The Morgan fingerprint density at radius 3 is 2.29 bits per heavy atom. The first kappa shape index (κ1) is 23.4. The zero-order valence-electron chi connectivity index (χ0n) is 19.1. The SMILES string of the molecule is C=Cc1ccc(-c2ccc(C3CCC(OC(=O)c4ccc(C5CO5)cc4F)CC3)c(F)c2F)cc1. The lowest BCUT2D eigenvalue weighted by atomic mass is 9.82. The normalized spacial score (nSPS) is 21.4. The fourth-order valence-corrected chi connectivity index (χ4v) is 4.75. The highest BCUT2D eigenvalue weighted by atomic mass is 19.2. The van der Waals surface area contributed by atoms with E-state index in [9.17, 15) is 13.6 Å². The zero-order chi connectivity index (χ0) is 24.5. The van der Waals surface area contributed by atoms with E-state index >= 15 is 4.39 Å². The number of carbonyl (C=O) groups excluding carboxylic acids is 1. The van der Waals surface area contributed by atoms with Crippen LogP contribution in [-0.4, -0.2) is 18.7 Å². The molecule has 1 atom stereocenters. The number of hydrogen-bond donors (Lipinski definition) is 0. The number of ether oxygens (including phenoxy) is 2. The molecule has 1 aliphatic heterocycles. The number of rotatable bonds is 6. The van der Waals surface area contributed by atoms with Crippen LogP contribution >= 0.6 is 0 Å². The molecule has 3 aromatic rings. The molecule has 1 unspecified atom stereocenters. The fraction of sp³-hybridized carbons (Fsp3) is 0.276. The van der Waals surface area contributed by atoms with Crippen LogP contribution in [0.1, 0.15) is 64.8 Å². The third-order valence-corrected chi connectivity index (χ3v) is 6.88. The van der Waals surface area contributed by atoms with Gasteiger partial charge in [0.1, 0.15) is 18.0 Å². The van der Waals surface area contributed by atoms with E-state index in [1.807, 2.05) is 0 Å². The third kappa shape index (κ3) is 4.89. The molecule has 5 rings (SSSR count). The van der Waals surface area contributed by atoms with E-state index < -0.39 is 23.4 Å². The van der Waals surface area contributed by atoms with E-state index in [1.54, 1.807) is 48.5 Å². The highest BCUT2D eigenvalue weighted by Gasteiger charge is 2.30. The number of carbonyl (C=O) groups is 1. The predicted octanol–water partition coefficient (Wildman–Crippen LogP) is 7.37. The van der Waals surface area contributed by atoms with Gasteiger partial charge in [0.2, 0.25) is 0 Å². The summed E-state index contributed by atoms with van der Waals surface area (Å²) in [5.41, 5.74) is 2.64. The lowest BCUT2D eigenvalue weighted by molar-refractivity contribution is 0.0189. The number of hydrogen-bond acceptors (Lipinski definition) is 3. The number of esters is 1. The Morgan fingerprint density at radius 2 is 1.66 bits per heavy atom. The van der Waals surface area contributed by atoms with Gasteiger partial charge in [-0.1, -0.05) is 55.1 Å². The average molecular weight is 479 g/mol. The summed E-state index contributed by atoms with van der Waals surface area (Å²) in [4.78, 5) is 12.5. The minimum atomic E-state index is -0.863. The molecule has 0 N–H and O–H groups in total. The number of halogens is 3. The van der Waals surface area contributed by atoms with Gasteiger partial charge in [-0.05, 0) is 66.0 Å². The van der Waals surface area contributed by atoms with Gasteiger partial charge in [0.05, 0.1) is 12.2 Å². The fourth-order valence-electron chi connectivity index (χ4n) is 4.75. The van der Waals surface area contributed by atoms with Crippen molar-refractivity contribution < 1.29 is 27.4 Å². The Bertz CT molecular complexity index is 1260. The van der Waals surface area contributed by atoms with Gasteiger partial charge >= 0.3 is 5.97 Å². The molecule has 180 valence electrons. The maximum Gasteiger partial charge on any atom is 0.341 e. The van der Waals surface area contributed by atoms with E-state index in [1.165, 1.54) is 12.1 Å². The van der Waals surface area contributed by atoms with Gasteiger partial charge in [-0.3, -0.25) is 0 Å². The van der Waals surface area contributed by atoms with E-state index in [4.69, 9.17) is 9.47 Å². The standard InChI is InChI=1S/C29H25F3O3/c1-2-17-3-5-18(6-4-17)22-13-14-23(28(32)27(22)31)19-7-10-21(11-8-19)35-29(33)24-12-9-20(15-25(24)30)26-16-34-26/h2-6,9,12-15,19,21,26H,1,7-8,10-11,16H2. The molecule has 1 saturated heterocycles. The van der Waals surface area contributed by atoms with E-state index in [-0.39, 0.29) is 29.3 Å². The van der Waals surface area contributed by atoms with Gasteiger partial charge in [0.15, 0.2) is 11.6 Å². The van der Waals surface area contributed by atoms with Crippen LogP contribution < -0.4 is 0 Å². The molecule has 2 fully saturated rings. The molecule has 1 heterocycles. The molecule has 6 heteroatoms. The van der Waals surface area contributed by atoms with Crippen LogP contribution in [0, 0.1) is 17.5 Å². The molecule has 3 aromatic carbocycles. The van der Waals surface area contributed by atoms with Crippen molar-refractivity contribution in [1.82, 2.24) is 0 Å². The molecule has 0 aromatic heterocycles. The minimum Gasteiger partial charge on any atom is -0.459 e. The van der Waals surface area contributed by atoms with Crippen LogP contribution in [0.4, 0.5) is 13.2 Å². The molecule has 2 aliphatic rings. The van der Waals surface area contributed by atoms with Crippen molar-refractivity contribution in [3.63, 3.8) is 0 Å². The lowest BCUT2D eigenvalue weighted by Gasteiger charge is -2.29. The molecule has 0 spiro atoms. The van der Waals surface area contributed by atoms with E-state index in [2.05, 4.69) is 6.58 Å². The van der Waals surface area contributed by atoms with Crippen molar-refractivity contribution in [2.24, 2.45) is 0 Å². The van der Waals surface area contributed by atoms with Gasteiger partial charge in [-0.2, -0.15) is 0 Å². The van der Waals surface area contributed by atoms with Crippen molar-refractivity contribution >= 4 is 12.0 Å². The molecular weight excluding hydrogens is 453 g/mol. The largest absolute Gasteiger partial charge is 0.459 e. The van der Waals surface area contributed by atoms with Crippen LogP contribution in [0.25, 0.3) is 17.2 Å². The minimum absolute atomic E-state index is 0.0954. The predicted molar refractivity (Wildman–Crippen MR) is 127 cm³/mol. The highest BCUT2D eigenvalue weighted by Crippen LogP contribution is 2.38. The quantitative estimate of drug-likeness (QED) is 0.274. The van der Waals surface area contributed by atoms with Crippen molar-refractivity contribution in [1.29, 1.82) is 0 Å². The zero-order valence-corrected chi connectivity index (χ0v) is 19.1. The third-order valence-electron chi connectivity index (χ3n) is 6.88. The van der Waals surface area contributed by atoms with Gasteiger partial charge in [-0.15, -0.1) is 0 Å². The van der Waals surface area contributed by atoms with Crippen molar-refractivity contribution in [3.8, 4) is 11.1 Å². The van der Waals surface area contributed by atoms with Crippen LogP contribution in [0.2, 0.25) is 0 Å². The van der Waals surface area contributed by atoms with Crippen LogP contribution in [0.3, 0.4) is 0 Å². The summed E-state index contributed by atoms with van der Waals surface area (Å²) in [6.07, 6.45) is 3.29. The van der Waals surface area contributed by atoms with Gasteiger partial charge in [-0.25, -0.2) is 18.0 Å². The Labute approximate surface area is 202 Å². The van der Waals surface area contributed by atoms with E-state index in [0.29, 0.717) is 49.0 Å². The van der Waals surface area contributed by atoms with Crippen molar-refractivity contribution in [2.75, 3.05) is 6.61 Å². The van der Waals surface area contributed by atoms with Crippen LogP contribution in [-0.2, 0) is 9.47 Å². The summed E-state index contributed by atoms with van der Waals surface area (Å²) >= 11 is 0. The van der Waals surface area contributed by atoms with Crippen molar-refractivity contribution in [2.45, 2.75) is 43.8 Å². The molecule has 0 radical (unpaired) electrons. The molecule has 1 saturated carbocycles. The smallest absolute Gasteiger partial charge is 0.341 e. The monoisotopic (exact) mass is 478 g/mol. The van der Waals surface area contributed by atoms with Gasteiger partial charge in [0.25, 0.3) is 0 Å². The Kier molecular flexibility index (Phi) is 6.48. The lowest BCUT2D eigenvalue weighted by Crippen LogP contribution is -2.25. The number of epoxide rings is 1. The second-order valence-electron chi connectivity index (χ2n) is 9.10. The first-order chi connectivity index (χ1) is 16.9. The molecule has 0 amide bonds. The second kappa shape index (κ2) is 9.70. The molecule has 0 bridgehead atoms. The maximum absolute atomic E-state index is 15.0.